The molecule has 0 aromatic heterocycles. The monoisotopic (exact) mass is 424 g/mol. The Labute approximate surface area is 181 Å². The molecule has 6 nitrogen and oxygen atoms in total. The molecule has 2 saturated carbocycles. The van der Waals surface area contributed by atoms with Crippen molar-refractivity contribution in [3.63, 3.8) is 0 Å². The van der Waals surface area contributed by atoms with Gasteiger partial charge in [0, 0.05) is 5.41 Å². The van der Waals surface area contributed by atoms with Crippen LogP contribution in [0.4, 0.5) is 0 Å². The SMILES string of the molecule is C[C@]12CC[C@@H]3c4ccc(O)cc4CC[C@H]3[C@@H]1CC[C@@H]2OC(=O)c1cc(O)c(O)c(O)c1. The summed E-state index contributed by atoms with van der Waals surface area (Å²) < 4.78 is 5.91. The Morgan fingerprint density at radius 1 is 1.00 bits per heavy atom. The smallest absolute Gasteiger partial charge is 0.338 e. The second kappa shape index (κ2) is 7.08. The van der Waals surface area contributed by atoms with Gasteiger partial charge in [-0.1, -0.05) is 13.0 Å². The fraction of sp³-hybridized carbons (Fsp3) is 0.480. The minimum atomic E-state index is -0.645. The van der Waals surface area contributed by atoms with Gasteiger partial charge in [-0.05, 0) is 91.7 Å². The molecule has 0 radical (unpaired) electrons. The zero-order valence-electron chi connectivity index (χ0n) is 17.5. The van der Waals surface area contributed by atoms with E-state index in [9.17, 15) is 25.2 Å². The first-order chi connectivity index (χ1) is 14.8. The van der Waals surface area contributed by atoms with Crippen LogP contribution in [-0.4, -0.2) is 32.5 Å². The molecule has 0 unspecified atom stereocenters. The van der Waals surface area contributed by atoms with Gasteiger partial charge in [0.05, 0.1) is 5.56 Å². The Balaban J connectivity index is 1.36. The number of phenolic OH excluding ortho intramolecular Hbond substituents is 4. The van der Waals surface area contributed by atoms with Crippen molar-refractivity contribution >= 4 is 5.97 Å². The van der Waals surface area contributed by atoms with Gasteiger partial charge in [-0.25, -0.2) is 4.79 Å². The highest BCUT2D eigenvalue weighted by Gasteiger charge is 2.56. The standard InChI is InChI=1S/C25H28O6/c1-25-9-8-17-16-5-3-15(26)10-13(16)2-4-18(17)19(25)6-7-22(25)31-24(30)14-11-20(27)23(29)21(28)12-14/h3,5,10-12,17-19,22,26-29H,2,4,6-9H2,1H3/t17-,18-,19+,22+,25+/m1/s1. The van der Waals surface area contributed by atoms with E-state index in [1.54, 1.807) is 6.07 Å². The molecule has 31 heavy (non-hydrogen) atoms. The number of rotatable bonds is 2. The minimum absolute atomic E-state index is 0.0277. The van der Waals surface area contributed by atoms with Crippen molar-refractivity contribution in [2.45, 2.75) is 57.5 Å². The van der Waals surface area contributed by atoms with E-state index in [2.05, 4.69) is 13.0 Å². The van der Waals surface area contributed by atoms with Crippen LogP contribution in [0, 0.1) is 17.3 Å². The van der Waals surface area contributed by atoms with Gasteiger partial charge >= 0.3 is 5.97 Å². The Morgan fingerprint density at radius 3 is 2.48 bits per heavy atom. The summed E-state index contributed by atoms with van der Waals surface area (Å²) in [5, 5.41) is 38.8. The van der Waals surface area contributed by atoms with E-state index < -0.39 is 23.2 Å². The number of hydrogen-bond donors (Lipinski definition) is 4. The number of aromatic hydroxyl groups is 4. The van der Waals surface area contributed by atoms with Gasteiger partial charge in [0.25, 0.3) is 0 Å². The molecule has 0 spiro atoms. The van der Waals surface area contributed by atoms with Gasteiger partial charge in [-0.3, -0.25) is 0 Å². The van der Waals surface area contributed by atoms with Crippen LogP contribution in [0.1, 0.15) is 66.4 Å². The molecule has 5 rings (SSSR count). The van der Waals surface area contributed by atoms with E-state index in [1.807, 2.05) is 6.07 Å². The zero-order chi connectivity index (χ0) is 21.9. The molecule has 4 N–H and O–H groups in total. The molecular weight excluding hydrogens is 396 g/mol. The number of carbonyl (C=O) groups is 1. The number of phenols is 4. The van der Waals surface area contributed by atoms with E-state index in [0.29, 0.717) is 23.5 Å². The van der Waals surface area contributed by atoms with Gasteiger partial charge in [0.15, 0.2) is 17.2 Å². The summed E-state index contributed by atoms with van der Waals surface area (Å²) in [4.78, 5) is 12.8. The number of fused-ring (bicyclic) bond motifs is 5. The highest BCUT2D eigenvalue weighted by atomic mass is 16.5. The van der Waals surface area contributed by atoms with Gasteiger partial charge in [0.2, 0.25) is 0 Å². The fourth-order valence-electron chi connectivity index (χ4n) is 6.63. The first-order valence-electron chi connectivity index (χ1n) is 11.1. The van der Waals surface area contributed by atoms with Crippen molar-refractivity contribution in [1.29, 1.82) is 0 Å². The molecule has 5 atom stereocenters. The summed E-state index contributed by atoms with van der Waals surface area (Å²) in [6.45, 7) is 2.23. The third-order valence-electron chi connectivity index (χ3n) is 8.18. The Bertz CT molecular complexity index is 1020. The predicted molar refractivity (Wildman–Crippen MR) is 113 cm³/mol. The highest BCUT2D eigenvalue weighted by molar-refractivity contribution is 5.91. The van der Waals surface area contributed by atoms with E-state index in [-0.39, 0.29) is 17.1 Å². The molecule has 0 saturated heterocycles. The summed E-state index contributed by atoms with van der Waals surface area (Å²) in [7, 11) is 0. The zero-order valence-corrected chi connectivity index (χ0v) is 17.5. The van der Waals surface area contributed by atoms with Crippen molar-refractivity contribution in [1.82, 2.24) is 0 Å². The van der Waals surface area contributed by atoms with Crippen LogP contribution in [0.3, 0.4) is 0 Å². The van der Waals surface area contributed by atoms with Crippen molar-refractivity contribution in [2.75, 3.05) is 0 Å². The van der Waals surface area contributed by atoms with Gasteiger partial charge in [0.1, 0.15) is 11.9 Å². The molecule has 164 valence electrons. The summed E-state index contributed by atoms with van der Waals surface area (Å²) in [5.41, 5.74) is 2.55. The minimum Gasteiger partial charge on any atom is -0.508 e. The molecular formula is C25H28O6. The first-order valence-corrected chi connectivity index (χ1v) is 11.1. The Hall–Kier alpha value is -2.89. The molecule has 3 aliphatic carbocycles. The highest BCUT2D eigenvalue weighted by Crippen LogP contribution is 2.61. The molecule has 0 aliphatic heterocycles. The normalized spacial score (nSPS) is 31.4. The second-order valence-corrected chi connectivity index (χ2v) is 9.68. The average molecular weight is 424 g/mol. The lowest BCUT2D eigenvalue weighted by atomic mass is 9.55. The van der Waals surface area contributed by atoms with Crippen LogP contribution in [0.5, 0.6) is 23.0 Å². The van der Waals surface area contributed by atoms with Crippen molar-refractivity contribution in [3.05, 3.63) is 47.0 Å². The quantitative estimate of drug-likeness (QED) is 0.415. The van der Waals surface area contributed by atoms with Gasteiger partial charge < -0.3 is 25.2 Å². The Kier molecular flexibility index (Phi) is 4.57. The first kappa shape index (κ1) is 20.0. The van der Waals surface area contributed by atoms with Crippen LogP contribution in [0.2, 0.25) is 0 Å². The molecule has 2 fully saturated rings. The predicted octanol–water partition coefficient (Wildman–Crippen LogP) is 4.59. The van der Waals surface area contributed by atoms with Crippen molar-refractivity contribution in [2.24, 2.45) is 17.3 Å². The number of carbonyl (C=O) groups excluding carboxylic acids is 1. The van der Waals surface area contributed by atoms with Crippen molar-refractivity contribution < 1.29 is 30.0 Å². The summed E-state index contributed by atoms with van der Waals surface area (Å²) >= 11 is 0. The maximum absolute atomic E-state index is 12.8. The second-order valence-electron chi connectivity index (χ2n) is 9.68. The van der Waals surface area contributed by atoms with Crippen LogP contribution in [0.25, 0.3) is 0 Å². The summed E-state index contributed by atoms with van der Waals surface area (Å²) in [6, 6.07) is 8.02. The third-order valence-corrected chi connectivity index (χ3v) is 8.18. The average Bonchev–Trinajstić information content (AvgIpc) is 3.07. The summed E-state index contributed by atoms with van der Waals surface area (Å²) in [6.07, 6.45) is 5.64. The van der Waals surface area contributed by atoms with Crippen LogP contribution in [0.15, 0.2) is 30.3 Å². The molecule has 2 aromatic carbocycles. The maximum atomic E-state index is 12.8. The number of ether oxygens (including phenoxy) is 1. The number of benzene rings is 2. The van der Waals surface area contributed by atoms with E-state index in [0.717, 1.165) is 50.7 Å². The van der Waals surface area contributed by atoms with E-state index in [4.69, 9.17) is 4.74 Å². The molecule has 3 aliphatic rings. The number of esters is 1. The topological polar surface area (TPSA) is 107 Å². The molecule has 0 amide bonds. The van der Waals surface area contributed by atoms with E-state index in [1.165, 1.54) is 11.1 Å². The molecule has 2 aromatic rings. The van der Waals surface area contributed by atoms with Crippen LogP contribution >= 0.6 is 0 Å². The molecule has 6 heteroatoms. The number of aryl methyl sites for hydroxylation is 1. The number of hydrogen-bond acceptors (Lipinski definition) is 6. The van der Waals surface area contributed by atoms with Crippen LogP contribution in [-0.2, 0) is 11.2 Å². The fourth-order valence-corrected chi connectivity index (χ4v) is 6.63. The van der Waals surface area contributed by atoms with Crippen molar-refractivity contribution in [3.8, 4) is 23.0 Å². The van der Waals surface area contributed by atoms with Gasteiger partial charge in [-0.15, -0.1) is 0 Å². The molecule has 0 bridgehead atoms. The molecule has 0 heterocycles. The van der Waals surface area contributed by atoms with Gasteiger partial charge in [-0.2, -0.15) is 0 Å². The van der Waals surface area contributed by atoms with E-state index >= 15 is 0 Å². The summed E-state index contributed by atoms with van der Waals surface area (Å²) in [5.74, 6) is -0.503. The van der Waals surface area contributed by atoms with Crippen LogP contribution < -0.4 is 0 Å². The lowest BCUT2D eigenvalue weighted by Gasteiger charge is -2.50. The lowest BCUT2D eigenvalue weighted by Crippen LogP contribution is -2.45. The largest absolute Gasteiger partial charge is 0.508 e. The lowest BCUT2D eigenvalue weighted by molar-refractivity contribution is -0.0428. The third kappa shape index (κ3) is 3.11. The maximum Gasteiger partial charge on any atom is 0.338 e. The Morgan fingerprint density at radius 2 is 1.74 bits per heavy atom.